The maximum atomic E-state index is 14.0. The molecule has 244 valence electrons. The van der Waals surface area contributed by atoms with Crippen LogP contribution in [0.1, 0.15) is 35.8 Å². The minimum atomic E-state index is -4.72. The van der Waals surface area contributed by atoms with Crippen molar-refractivity contribution in [3.8, 4) is 0 Å². The first kappa shape index (κ1) is 32.5. The summed E-state index contributed by atoms with van der Waals surface area (Å²) in [5.41, 5.74) is 0.345. The second kappa shape index (κ2) is 12.6. The van der Waals surface area contributed by atoms with E-state index >= 15 is 0 Å². The Morgan fingerprint density at radius 1 is 0.915 bits per heavy atom. The second-order valence-electron chi connectivity index (χ2n) is 11.0. The minimum Gasteiger partial charge on any atom is -0.372 e. The predicted octanol–water partition coefficient (Wildman–Crippen LogP) is 6.35. The number of thioether (sulfide) groups is 1. The highest BCUT2D eigenvalue weighted by atomic mass is 32.2. The lowest BCUT2D eigenvalue weighted by Crippen LogP contribution is -2.33. The summed E-state index contributed by atoms with van der Waals surface area (Å²) in [5, 5.41) is 1.58. The molecule has 3 atom stereocenters. The number of imide groups is 1. The first-order valence-corrected chi connectivity index (χ1v) is 16.5. The smallest absolute Gasteiger partial charge is 0.372 e. The van der Waals surface area contributed by atoms with Crippen LogP contribution in [-0.2, 0) is 27.1 Å². The molecule has 1 N–H and O–H groups in total. The van der Waals surface area contributed by atoms with Crippen LogP contribution in [0.3, 0.4) is 0 Å². The summed E-state index contributed by atoms with van der Waals surface area (Å²) in [5.74, 6) is -4.11. The molecule has 47 heavy (non-hydrogen) atoms. The molecule has 6 rings (SSSR count). The average molecular weight is 685 g/mol. The molecular weight excluding hydrogens is 657 g/mol. The van der Waals surface area contributed by atoms with Gasteiger partial charge in [0.05, 0.1) is 27.9 Å². The number of aromatic nitrogens is 1. The lowest BCUT2D eigenvalue weighted by atomic mass is 9.83. The molecule has 0 saturated carbocycles. The molecule has 1 aromatic heterocycles. The molecule has 0 spiro atoms. The van der Waals surface area contributed by atoms with E-state index in [-0.39, 0.29) is 5.69 Å². The van der Waals surface area contributed by atoms with Crippen LogP contribution >= 0.6 is 23.1 Å². The van der Waals surface area contributed by atoms with Gasteiger partial charge in [-0.1, -0.05) is 47.4 Å². The van der Waals surface area contributed by atoms with Crippen LogP contribution in [0.2, 0.25) is 0 Å². The number of benzene rings is 3. The van der Waals surface area contributed by atoms with Crippen LogP contribution in [0.4, 0.5) is 34.6 Å². The van der Waals surface area contributed by atoms with Gasteiger partial charge < -0.3 is 10.2 Å². The van der Waals surface area contributed by atoms with Gasteiger partial charge in [-0.2, -0.15) is 13.2 Å². The van der Waals surface area contributed by atoms with E-state index in [2.05, 4.69) is 10.2 Å². The van der Waals surface area contributed by atoms with Crippen molar-refractivity contribution >= 4 is 57.9 Å². The van der Waals surface area contributed by atoms with Gasteiger partial charge in [0.2, 0.25) is 17.7 Å². The van der Waals surface area contributed by atoms with Crippen molar-refractivity contribution in [2.75, 3.05) is 28.2 Å². The SMILES string of the molecule is CCN(CC)c1ccc(C2c3sc(=O)n(CC(=O)Nc4ccccc4C(F)(F)F)c3SC3C(=O)N(c4ccc(F)cc4)C(=O)C32)cc1. The Balaban J connectivity index is 1.40. The zero-order valence-electron chi connectivity index (χ0n) is 25.1. The van der Waals surface area contributed by atoms with E-state index in [4.69, 9.17) is 0 Å². The number of carbonyl (C=O) groups is 3. The molecule has 8 nitrogen and oxygen atoms in total. The van der Waals surface area contributed by atoms with Gasteiger partial charge in [-0.05, 0) is 67.9 Å². The molecule has 1 saturated heterocycles. The van der Waals surface area contributed by atoms with Crippen molar-refractivity contribution in [1.29, 1.82) is 0 Å². The summed E-state index contributed by atoms with van der Waals surface area (Å²) >= 11 is 1.81. The number of alkyl halides is 3. The lowest BCUT2D eigenvalue weighted by molar-refractivity contribution is -0.137. The molecule has 0 bridgehead atoms. The molecular formula is C33H28F4N4O4S2. The van der Waals surface area contributed by atoms with E-state index in [1.165, 1.54) is 24.3 Å². The predicted molar refractivity (Wildman–Crippen MR) is 173 cm³/mol. The zero-order chi connectivity index (χ0) is 33.6. The van der Waals surface area contributed by atoms with Gasteiger partial charge in [-0.15, -0.1) is 0 Å². The van der Waals surface area contributed by atoms with Crippen LogP contribution in [0.5, 0.6) is 0 Å². The normalized spacial score (nSPS) is 19.0. The Kier molecular flexibility index (Phi) is 8.74. The number of thiazole rings is 1. The Labute approximate surface area is 275 Å². The number of para-hydroxylation sites is 1. The highest BCUT2D eigenvalue weighted by Crippen LogP contribution is 2.54. The van der Waals surface area contributed by atoms with Crippen molar-refractivity contribution < 1.29 is 31.9 Å². The van der Waals surface area contributed by atoms with E-state index in [0.29, 0.717) is 15.5 Å². The van der Waals surface area contributed by atoms with Gasteiger partial charge in [0.25, 0.3) is 0 Å². The maximum Gasteiger partial charge on any atom is 0.418 e. The van der Waals surface area contributed by atoms with Crippen molar-refractivity contribution in [2.45, 2.75) is 42.8 Å². The van der Waals surface area contributed by atoms with E-state index in [1.807, 2.05) is 38.1 Å². The number of amides is 3. The molecule has 14 heteroatoms. The molecule has 0 aliphatic carbocycles. The Morgan fingerprint density at radius 3 is 2.21 bits per heavy atom. The summed E-state index contributed by atoms with van der Waals surface area (Å²) < 4.78 is 55.5. The first-order valence-electron chi connectivity index (χ1n) is 14.8. The van der Waals surface area contributed by atoms with Crippen LogP contribution in [0.25, 0.3) is 0 Å². The van der Waals surface area contributed by atoms with Crippen LogP contribution in [-0.4, -0.2) is 40.6 Å². The van der Waals surface area contributed by atoms with E-state index in [1.54, 1.807) is 0 Å². The van der Waals surface area contributed by atoms with E-state index in [0.717, 1.165) is 75.6 Å². The molecule has 3 amide bonds. The number of hydrogen-bond acceptors (Lipinski definition) is 7. The van der Waals surface area contributed by atoms with E-state index < -0.39 is 69.5 Å². The van der Waals surface area contributed by atoms with Crippen LogP contribution < -0.4 is 20.0 Å². The largest absolute Gasteiger partial charge is 0.418 e. The van der Waals surface area contributed by atoms with Gasteiger partial charge in [-0.25, -0.2) is 9.29 Å². The Bertz CT molecular complexity index is 1900. The van der Waals surface area contributed by atoms with Crippen LogP contribution in [0, 0.1) is 11.7 Å². The number of halogens is 4. The first-order chi connectivity index (χ1) is 22.4. The fourth-order valence-electron chi connectivity index (χ4n) is 6.11. The lowest BCUT2D eigenvalue weighted by Gasteiger charge is -2.31. The fourth-order valence-corrected chi connectivity index (χ4v) is 8.89. The number of nitrogens with one attached hydrogen (secondary N) is 1. The second-order valence-corrected chi connectivity index (χ2v) is 13.1. The highest BCUT2D eigenvalue weighted by Gasteiger charge is 2.56. The highest BCUT2D eigenvalue weighted by molar-refractivity contribution is 8.00. The number of carbonyl (C=O) groups excluding carboxylic acids is 3. The fraction of sp³-hybridized carbons (Fsp3) is 0.273. The number of fused-ring (bicyclic) bond motifs is 2. The molecule has 2 aliphatic rings. The van der Waals surface area contributed by atoms with Crippen LogP contribution in [0.15, 0.2) is 82.6 Å². The molecule has 3 heterocycles. The zero-order valence-corrected chi connectivity index (χ0v) is 26.7. The van der Waals surface area contributed by atoms with Gasteiger partial charge in [-0.3, -0.25) is 23.7 Å². The van der Waals surface area contributed by atoms with Gasteiger partial charge in [0.1, 0.15) is 17.6 Å². The van der Waals surface area contributed by atoms with Crippen molar-refractivity contribution in [3.63, 3.8) is 0 Å². The number of hydrogen-bond donors (Lipinski definition) is 1. The quantitative estimate of drug-likeness (QED) is 0.172. The summed E-state index contributed by atoms with van der Waals surface area (Å²) in [6.07, 6.45) is -4.72. The molecule has 1 fully saturated rings. The molecule has 0 radical (unpaired) electrons. The van der Waals surface area contributed by atoms with Gasteiger partial charge >= 0.3 is 11.0 Å². The summed E-state index contributed by atoms with van der Waals surface area (Å²) in [6.45, 7) is 4.97. The molecule has 3 aromatic carbocycles. The third kappa shape index (κ3) is 5.95. The summed E-state index contributed by atoms with van der Waals surface area (Å²) in [7, 11) is 0. The third-order valence-electron chi connectivity index (χ3n) is 8.32. The van der Waals surface area contributed by atoms with E-state index in [9.17, 15) is 36.7 Å². The number of anilines is 3. The maximum absolute atomic E-state index is 14.0. The number of nitrogens with zero attached hydrogens (tertiary/aromatic N) is 3. The monoisotopic (exact) mass is 684 g/mol. The molecule has 2 aliphatic heterocycles. The third-order valence-corrected chi connectivity index (χ3v) is 10.9. The van der Waals surface area contributed by atoms with Gasteiger partial charge in [0.15, 0.2) is 0 Å². The summed E-state index contributed by atoms with van der Waals surface area (Å²) in [6, 6.07) is 17.0. The minimum absolute atomic E-state index is 0.204. The standard InChI is InChI=1S/C33H28F4N4O4S2/c1-3-39(4-2)20-13-9-18(10-14-20)25-26-27(30(44)41(29(26)43)21-15-11-19(34)12-16-21)46-31-28(25)47-32(45)40(31)17-24(42)38-23-8-6-5-7-22(23)33(35,36)37/h5-16,25-27H,3-4,17H2,1-2H3,(H,38,42). The van der Waals surface area contributed by atoms with Crippen molar-refractivity contribution in [3.05, 3.63) is 104 Å². The topological polar surface area (TPSA) is 91.7 Å². The average Bonchev–Trinajstić information content (AvgIpc) is 3.48. The number of rotatable bonds is 8. The Hall–Kier alpha value is -4.43. The summed E-state index contributed by atoms with van der Waals surface area (Å²) in [4.78, 5) is 57.5. The Morgan fingerprint density at radius 2 is 1.57 bits per heavy atom. The van der Waals surface area contributed by atoms with Crippen molar-refractivity contribution in [2.24, 2.45) is 5.92 Å². The molecule has 4 aromatic rings. The van der Waals surface area contributed by atoms with Crippen molar-refractivity contribution in [1.82, 2.24) is 4.57 Å². The van der Waals surface area contributed by atoms with Gasteiger partial charge in [0, 0.05) is 29.6 Å². The molecule has 3 unspecified atom stereocenters.